The maximum absolute atomic E-state index is 12.6. The van der Waals surface area contributed by atoms with E-state index in [-0.39, 0.29) is 30.3 Å². The summed E-state index contributed by atoms with van der Waals surface area (Å²) >= 11 is 0. The van der Waals surface area contributed by atoms with Gasteiger partial charge in [0, 0.05) is 13.0 Å². The number of benzene rings is 1. The molecular weight excluding hydrogens is 348 g/mol. The van der Waals surface area contributed by atoms with Crippen LogP contribution in [0.1, 0.15) is 38.3 Å². The summed E-state index contributed by atoms with van der Waals surface area (Å²) in [5.74, 6) is 0.400. The van der Waals surface area contributed by atoms with Crippen molar-refractivity contribution in [3.05, 3.63) is 23.8 Å². The Balaban J connectivity index is 1.65. The van der Waals surface area contributed by atoms with E-state index in [0.29, 0.717) is 38.5 Å². The molecule has 0 spiro atoms. The Kier molecular flexibility index (Phi) is 6.21. The van der Waals surface area contributed by atoms with E-state index in [4.69, 9.17) is 14.6 Å². The normalized spacial score (nSPS) is 20.9. The number of hydrogen-bond acceptors (Lipinski definition) is 5. The molecule has 0 bridgehead atoms. The molecule has 2 atom stereocenters. The largest absolute Gasteiger partial charge is 0.490 e. The van der Waals surface area contributed by atoms with Crippen LogP contribution in [0.4, 0.5) is 0 Å². The molecule has 2 aliphatic rings. The van der Waals surface area contributed by atoms with Crippen LogP contribution in [0.3, 0.4) is 0 Å². The third-order valence-corrected chi connectivity index (χ3v) is 5.10. The molecule has 1 aromatic rings. The topological polar surface area (TPSA) is 88.1 Å². The zero-order valence-electron chi connectivity index (χ0n) is 15.9. The molecule has 27 heavy (non-hydrogen) atoms. The van der Waals surface area contributed by atoms with Crippen LogP contribution in [0.5, 0.6) is 11.5 Å². The average Bonchev–Trinajstić information content (AvgIpc) is 2.96. The molecule has 2 heterocycles. The number of fused-ring (bicyclic) bond motifs is 1. The van der Waals surface area contributed by atoms with Gasteiger partial charge in [0.05, 0.1) is 31.7 Å². The van der Waals surface area contributed by atoms with Crippen LogP contribution in [0.2, 0.25) is 0 Å². The lowest BCUT2D eigenvalue weighted by molar-refractivity contribution is -0.141. The summed E-state index contributed by atoms with van der Waals surface area (Å²) in [5.41, 5.74) is 0.979. The molecule has 0 saturated carbocycles. The average molecular weight is 376 g/mol. The summed E-state index contributed by atoms with van der Waals surface area (Å²) in [5, 5.41) is 12.2. The van der Waals surface area contributed by atoms with Crippen molar-refractivity contribution in [2.45, 2.75) is 32.7 Å². The molecule has 0 aromatic heterocycles. The van der Waals surface area contributed by atoms with Gasteiger partial charge < -0.3 is 19.9 Å². The molecule has 2 N–H and O–H groups in total. The fourth-order valence-corrected chi connectivity index (χ4v) is 3.61. The zero-order chi connectivity index (χ0) is 19.4. The van der Waals surface area contributed by atoms with Crippen molar-refractivity contribution in [3.8, 4) is 11.5 Å². The minimum Gasteiger partial charge on any atom is -0.490 e. The molecule has 1 amide bonds. The molecule has 2 aliphatic heterocycles. The van der Waals surface area contributed by atoms with Gasteiger partial charge in [0.1, 0.15) is 0 Å². The van der Waals surface area contributed by atoms with Crippen LogP contribution in [0.15, 0.2) is 18.2 Å². The number of hydrogen-bond donors (Lipinski definition) is 2. The number of aliphatic carboxylic acids is 1. The van der Waals surface area contributed by atoms with Crippen molar-refractivity contribution in [1.82, 2.24) is 10.2 Å². The fourth-order valence-electron chi connectivity index (χ4n) is 3.61. The maximum atomic E-state index is 12.6. The molecule has 148 valence electrons. The Labute approximate surface area is 159 Å². The third kappa shape index (κ3) is 4.91. The Morgan fingerprint density at radius 1 is 1.26 bits per heavy atom. The molecule has 7 nitrogen and oxygen atoms in total. The van der Waals surface area contributed by atoms with E-state index in [9.17, 15) is 9.59 Å². The highest BCUT2D eigenvalue weighted by atomic mass is 16.5. The van der Waals surface area contributed by atoms with Crippen molar-refractivity contribution in [3.63, 3.8) is 0 Å². The van der Waals surface area contributed by atoms with Crippen LogP contribution in [-0.2, 0) is 9.59 Å². The van der Waals surface area contributed by atoms with Crippen molar-refractivity contribution < 1.29 is 24.2 Å². The summed E-state index contributed by atoms with van der Waals surface area (Å²) in [6, 6.07) is 5.67. The van der Waals surface area contributed by atoms with Crippen molar-refractivity contribution in [2.75, 3.05) is 32.8 Å². The first-order chi connectivity index (χ1) is 12.9. The van der Waals surface area contributed by atoms with Gasteiger partial charge in [-0.05, 0) is 36.6 Å². The molecule has 2 unspecified atom stereocenters. The number of carbonyl (C=O) groups excluding carboxylic acids is 1. The lowest BCUT2D eigenvalue weighted by atomic mass is 9.95. The van der Waals surface area contributed by atoms with Gasteiger partial charge >= 0.3 is 5.97 Å². The highest BCUT2D eigenvalue weighted by Crippen LogP contribution is 2.34. The predicted molar refractivity (Wildman–Crippen MR) is 100.0 cm³/mol. The summed E-state index contributed by atoms with van der Waals surface area (Å²) in [6.07, 6.45) is 1.44. The lowest BCUT2D eigenvalue weighted by Gasteiger charge is -2.25. The minimum atomic E-state index is -0.787. The highest BCUT2D eigenvalue weighted by Gasteiger charge is 2.29. The minimum absolute atomic E-state index is 0.0909. The number of ether oxygens (including phenoxy) is 2. The van der Waals surface area contributed by atoms with Crippen molar-refractivity contribution in [1.29, 1.82) is 0 Å². The van der Waals surface area contributed by atoms with E-state index in [1.165, 1.54) is 0 Å². The first-order valence-corrected chi connectivity index (χ1v) is 9.58. The van der Waals surface area contributed by atoms with E-state index in [2.05, 4.69) is 19.2 Å². The summed E-state index contributed by atoms with van der Waals surface area (Å²) < 4.78 is 11.4. The standard InChI is InChI=1S/C20H28N2O5/c1-13(2)19(14-4-5-16-17(10-14)27-9-3-8-26-16)21-18(23)12-22-7-6-15(11-22)20(24)25/h4-5,10,13,15,19H,3,6-9,11-12H2,1-2H3,(H,21,23)(H,24,25). The van der Waals surface area contributed by atoms with Gasteiger partial charge in [-0.25, -0.2) is 0 Å². The predicted octanol–water partition coefficient (Wildman–Crippen LogP) is 2.07. The monoisotopic (exact) mass is 376 g/mol. The maximum Gasteiger partial charge on any atom is 0.307 e. The van der Waals surface area contributed by atoms with Gasteiger partial charge in [0.25, 0.3) is 0 Å². The van der Waals surface area contributed by atoms with Gasteiger partial charge in [-0.3, -0.25) is 14.5 Å². The Hall–Kier alpha value is -2.28. The second-order valence-corrected chi connectivity index (χ2v) is 7.60. The first-order valence-electron chi connectivity index (χ1n) is 9.58. The first kappa shape index (κ1) is 19.5. The number of nitrogens with zero attached hydrogens (tertiary/aromatic N) is 1. The Bertz CT molecular complexity index is 691. The van der Waals surface area contributed by atoms with Gasteiger partial charge in [-0.2, -0.15) is 0 Å². The molecule has 3 rings (SSSR count). The van der Waals surface area contributed by atoms with Crippen LogP contribution < -0.4 is 14.8 Å². The Morgan fingerprint density at radius 3 is 2.67 bits per heavy atom. The molecule has 0 aliphatic carbocycles. The number of nitrogens with one attached hydrogen (secondary N) is 1. The second-order valence-electron chi connectivity index (χ2n) is 7.60. The SMILES string of the molecule is CC(C)C(NC(=O)CN1CCC(C(=O)O)C1)c1ccc2c(c1)OCCCO2. The van der Waals surface area contributed by atoms with Gasteiger partial charge in [-0.1, -0.05) is 19.9 Å². The number of likely N-dealkylation sites (tertiary alicyclic amines) is 1. The number of rotatable bonds is 6. The van der Waals surface area contributed by atoms with Crippen LogP contribution in [-0.4, -0.2) is 54.7 Å². The number of carboxylic acids is 1. The molecule has 1 fully saturated rings. The van der Waals surface area contributed by atoms with Crippen LogP contribution >= 0.6 is 0 Å². The summed E-state index contributed by atoms with van der Waals surface area (Å²) in [7, 11) is 0. The number of amides is 1. The fraction of sp³-hybridized carbons (Fsp3) is 0.600. The number of carboxylic acid groups (broad SMARTS) is 1. The summed E-state index contributed by atoms with van der Waals surface area (Å²) in [6.45, 7) is 6.67. The third-order valence-electron chi connectivity index (χ3n) is 5.10. The van der Waals surface area contributed by atoms with Crippen LogP contribution in [0, 0.1) is 11.8 Å². The molecule has 1 aromatic carbocycles. The van der Waals surface area contributed by atoms with E-state index >= 15 is 0 Å². The van der Waals surface area contributed by atoms with E-state index in [1.54, 1.807) is 0 Å². The van der Waals surface area contributed by atoms with Gasteiger partial charge in [0.15, 0.2) is 11.5 Å². The second kappa shape index (κ2) is 8.61. The molecular formula is C20H28N2O5. The lowest BCUT2D eigenvalue weighted by Crippen LogP contribution is -2.39. The van der Waals surface area contributed by atoms with E-state index in [0.717, 1.165) is 17.7 Å². The van der Waals surface area contributed by atoms with Crippen molar-refractivity contribution >= 4 is 11.9 Å². The smallest absolute Gasteiger partial charge is 0.307 e. The molecule has 0 radical (unpaired) electrons. The van der Waals surface area contributed by atoms with Gasteiger partial charge in [-0.15, -0.1) is 0 Å². The molecule has 1 saturated heterocycles. The summed E-state index contributed by atoms with van der Waals surface area (Å²) in [4.78, 5) is 25.5. The number of carbonyl (C=O) groups is 2. The Morgan fingerprint density at radius 2 is 2.00 bits per heavy atom. The quantitative estimate of drug-likeness (QED) is 0.790. The van der Waals surface area contributed by atoms with E-state index < -0.39 is 5.97 Å². The molecule has 7 heteroatoms. The highest BCUT2D eigenvalue weighted by molar-refractivity contribution is 5.79. The van der Waals surface area contributed by atoms with Crippen molar-refractivity contribution in [2.24, 2.45) is 11.8 Å². The van der Waals surface area contributed by atoms with E-state index in [1.807, 2.05) is 23.1 Å². The van der Waals surface area contributed by atoms with Gasteiger partial charge in [0.2, 0.25) is 5.91 Å². The zero-order valence-corrected chi connectivity index (χ0v) is 15.9. The van der Waals surface area contributed by atoms with Crippen LogP contribution in [0.25, 0.3) is 0 Å².